The fourth-order valence-corrected chi connectivity index (χ4v) is 8.03. The summed E-state index contributed by atoms with van der Waals surface area (Å²) in [6.45, 7) is 0. The highest BCUT2D eigenvalue weighted by Crippen LogP contribution is 2.46. The molecule has 3 nitrogen and oxygen atoms in total. The topological polar surface area (TPSA) is 28.0 Å². The van der Waals surface area contributed by atoms with E-state index in [1.807, 2.05) is 0 Å². The lowest BCUT2D eigenvalue weighted by atomic mass is 9.84. The lowest BCUT2D eigenvalue weighted by molar-refractivity contribution is 0.905. The molecule has 0 saturated heterocycles. The molecular formula is C50H35N3. The second-order valence-corrected chi connectivity index (χ2v) is 13.7. The SMILES string of the molecule is C1=C2/N=C(c3ccc(-c4ccccc4)cc3)\N=C(\c3ccc4c(ccc5ccccc54)c3)C(C/1)c1ccccc1N(c1ccccc1)c1ccccc12. The molecule has 0 fully saturated rings. The summed E-state index contributed by atoms with van der Waals surface area (Å²) >= 11 is 0. The van der Waals surface area contributed by atoms with Gasteiger partial charge in [0.05, 0.1) is 22.8 Å². The largest absolute Gasteiger partial charge is 0.310 e. The van der Waals surface area contributed by atoms with Crippen LogP contribution in [-0.4, -0.2) is 11.5 Å². The average molecular weight is 678 g/mol. The number of hydrogen-bond donors (Lipinski definition) is 0. The number of fused-ring (bicyclic) bond motifs is 9. The molecule has 250 valence electrons. The number of anilines is 3. The van der Waals surface area contributed by atoms with Crippen molar-refractivity contribution in [1.82, 2.24) is 0 Å². The molecule has 0 saturated carbocycles. The second-order valence-electron chi connectivity index (χ2n) is 13.7. The van der Waals surface area contributed by atoms with Crippen molar-refractivity contribution in [3.63, 3.8) is 0 Å². The number of aliphatic imine (C=N–C) groups is 2. The average Bonchev–Trinajstić information content (AvgIpc) is 3.26. The standard InChI is InChI=1S/C50H35N3/c1-3-13-34(14-4-1)35-23-26-37(27-24-35)50-51-46-32-31-44(49(52-50)39-29-30-42-38(33-39)28-25-36-15-7-8-18-41(36)42)43-19-9-11-21-47(43)53(40-16-5-2-6-17-40)48-22-12-10-20-45(46)48/h1-30,32-33,44H,31H2/b46-32+,51-50-,52-49-. The first-order chi connectivity index (χ1) is 26.3. The number of rotatable bonds is 4. The fourth-order valence-electron chi connectivity index (χ4n) is 8.03. The molecule has 10 rings (SSSR count). The molecule has 0 aliphatic carbocycles. The molecule has 0 radical (unpaired) electrons. The molecule has 2 aliphatic rings. The third-order valence-electron chi connectivity index (χ3n) is 10.6. The first kappa shape index (κ1) is 30.9. The van der Waals surface area contributed by atoms with Gasteiger partial charge in [-0.25, -0.2) is 9.98 Å². The Morgan fingerprint density at radius 3 is 1.92 bits per heavy atom. The van der Waals surface area contributed by atoms with Gasteiger partial charge >= 0.3 is 0 Å². The van der Waals surface area contributed by atoms with E-state index in [1.54, 1.807) is 0 Å². The Bertz CT molecular complexity index is 2740. The third kappa shape index (κ3) is 5.55. The Morgan fingerprint density at radius 2 is 1.08 bits per heavy atom. The van der Waals surface area contributed by atoms with Gasteiger partial charge in [-0.2, -0.15) is 0 Å². The molecule has 53 heavy (non-hydrogen) atoms. The van der Waals surface area contributed by atoms with Gasteiger partial charge in [0.2, 0.25) is 0 Å². The van der Waals surface area contributed by atoms with E-state index in [9.17, 15) is 0 Å². The maximum atomic E-state index is 5.65. The first-order valence-corrected chi connectivity index (χ1v) is 18.3. The van der Waals surface area contributed by atoms with Crippen LogP contribution < -0.4 is 4.90 Å². The minimum Gasteiger partial charge on any atom is -0.310 e. The summed E-state index contributed by atoms with van der Waals surface area (Å²) in [4.78, 5) is 13.5. The van der Waals surface area contributed by atoms with Crippen LogP contribution in [0.2, 0.25) is 0 Å². The van der Waals surface area contributed by atoms with E-state index in [-0.39, 0.29) is 5.92 Å². The highest BCUT2D eigenvalue weighted by atomic mass is 15.2. The van der Waals surface area contributed by atoms with Crippen molar-refractivity contribution >= 4 is 55.9 Å². The molecule has 2 bridgehead atoms. The van der Waals surface area contributed by atoms with Crippen LogP contribution in [0.1, 0.15) is 34.6 Å². The van der Waals surface area contributed by atoms with E-state index in [2.05, 4.69) is 199 Å². The number of para-hydroxylation sites is 3. The lowest BCUT2D eigenvalue weighted by Gasteiger charge is -2.30. The fraction of sp³-hybridized carbons (Fsp3) is 0.0400. The molecule has 1 unspecified atom stereocenters. The quantitative estimate of drug-likeness (QED) is 0.170. The zero-order chi connectivity index (χ0) is 35.1. The van der Waals surface area contributed by atoms with Gasteiger partial charge in [-0.05, 0) is 80.6 Å². The Labute approximate surface area is 309 Å². The molecule has 3 heteroatoms. The predicted octanol–water partition coefficient (Wildman–Crippen LogP) is 12.9. The third-order valence-corrected chi connectivity index (χ3v) is 10.6. The predicted molar refractivity (Wildman–Crippen MR) is 223 cm³/mol. The summed E-state index contributed by atoms with van der Waals surface area (Å²) in [7, 11) is 0. The molecule has 0 aromatic heterocycles. The van der Waals surface area contributed by atoms with Gasteiger partial charge < -0.3 is 4.90 Å². The highest BCUT2D eigenvalue weighted by molar-refractivity contribution is 6.19. The van der Waals surface area contributed by atoms with Crippen LogP contribution >= 0.6 is 0 Å². The van der Waals surface area contributed by atoms with Gasteiger partial charge in [0.15, 0.2) is 5.84 Å². The van der Waals surface area contributed by atoms with Crippen molar-refractivity contribution in [2.45, 2.75) is 12.3 Å². The van der Waals surface area contributed by atoms with Crippen LogP contribution in [0.15, 0.2) is 204 Å². The van der Waals surface area contributed by atoms with Crippen molar-refractivity contribution in [2.24, 2.45) is 9.98 Å². The molecule has 1 atom stereocenters. The van der Waals surface area contributed by atoms with E-state index >= 15 is 0 Å². The van der Waals surface area contributed by atoms with Gasteiger partial charge in [0, 0.05) is 22.7 Å². The molecule has 8 aromatic carbocycles. The highest BCUT2D eigenvalue weighted by Gasteiger charge is 2.30. The Morgan fingerprint density at radius 1 is 0.453 bits per heavy atom. The summed E-state index contributed by atoms with van der Waals surface area (Å²) < 4.78 is 0. The van der Waals surface area contributed by atoms with Crippen LogP contribution in [-0.2, 0) is 0 Å². The van der Waals surface area contributed by atoms with E-state index in [1.165, 1.54) is 32.7 Å². The van der Waals surface area contributed by atoms with Crippen molar-refractivity contribution < 1.29 is 0 Å². The van der Waals surface area contributed by atoms with Crippen molar-refractivity contribution in [1.29, 1.82) is 0 Å². The van der Waals surface area contributed by atoms with E-state index < -0.39 is 0 Å². The Hall–Kier alpha value is -6.84. The van der Waals surface area contributed by atoms with E-state index in [4.69, 9.17) is 9.98 Å². The van der Waals surface area contributed by atoms with Crippen molar-refractivity contribution in [3.8, 4) is 11.1 Å². The van der Waals surface area contributed by atoms with Crippen molar-refractivity contribution in [3.05, 3.63) is 216 Å². The molecule has 0 amide bonds. The lowest BCUT2D eigenvalue weighted by Crippen LogP contribution is -2.20. The summed E-state index contributed by atoms with van der Waals surface area (Å²) in [6, 6.07) is 67.3. The van der Waals surface area contributed by atoms with Crippen molar-refractivity contribution in [2.75, 3.05) is 4.90 Å². The molecule has 0 N–H and O–H groups in total. The van der Waals surface area contributed by atoms with Crippen LogP contribution in [0.25, 0.3) is 38.4 Å². The Kier molecular flexibility index (Phi) is 7.62. The van der Waals surface area contributed by atoms with Crippen LogP contribution in [0, 0.1) is 0 Å². The second kappa shape index (κ2) is 13.0. The van der Waals surface area contributed by atoms with E-state index in [0.717, 1.165) is 57.1 Å². The molecule has 0 spiro atoms. The number of hydrogen-bond acceptors (Lipinski definition) is 3. The van der Waals surface area contributed by atoms with Crippen LogP contribution in [0.5, 0.6) is 0 Å². The Balaban J connectivity index is 1.24. The van der Waals surface area contributed by atoms with Gasteiger partial charge in [-0.3, -0.25) is 0 Å². The summed E-state index contributed by atoms with van der Waals surface area (Å²) in [6.07, 6.45) is 3.08. The normalized spacial score (nSPS) is 18.2. The number of nitrogens with zero attached hydrogens (tertiary/aromatic N) is 3. The summed E-state index contributed by atoms with van der Waals surface area (Å²) in [5, 5.41) is 4.94. The molecule has 2 heterocycles. The van der Waals surface area contributed by atoms with Crippen LogP contribution in [0.3, 0.4) is 0 Å². The molecule has 2 aliphatic heterocycles. The number of amidine groups is 1. The smallest absolute Gasteiger partial charge is 0.160 e. The number of benzene rings is 8. The maximum Gasteiger partial charge on any atom is 0.160 e. The maximum absolute atomic E-state index is 5.65. The van der Waals surface area contributed by atoms with Gasteiger partial charge in [0.25, 0.3) is 0 Å². The summed E-state index contributed by atoms with van der Waals surface area (Å²) in [5.74, 6) is 0.656. The zero-order valence-corrected chi connectivity index (χ0v) is 29.1. The molecular weight excluding hydrogens is 643 g/mol. The van der Waals surface area contributed by atoms with Gasteiger partial charge in [0.1, 0.15) is 0 Å². The van der Waals surface area contributed by atoms with Gasteiger partial charge in [-0.1, -0.05) is 164 Å². The number of allylic oxidation sites excluding steroid dienone is 1. The first-order valence-electron chi connectivity index (χ1n) is 18.3. The summed E-state index contributed by atoms with van der Waals surface area (Å²) in [5.41, 5.74) is 12.0. The van der Waals surface area contributed by atoms with Crippen LogP contribution in [0.4, 0.5) is 17.1 Å². The van der Waals surface area contributed by atoms with Gasteiger partial charge in [-0.15, -0.1) is 0 Å². The zero-order valence-electron chi connectivity index (χ0n) is 29.1. The minimum absolute atomic E-state index is 0.0475. The molecule has 8 aromatic rings. The van der Waals surface area contributed by atoms with E-state index in [0.29, 0.717) is 5.84 Å². The minimum atomic E-state index is -0.0475. The monoisotopic (exact) mass is 677 g/mol.